The summed E-state index contributed by atoms with van der Waals surface area (Å²) in [5, 5.41) is 6.54. The van der Waals surface area contributed by atoms with Crippen molar-refractivity contribution in [3.8, 4) is 0 Å². The van der Waals surface area contributed by atoms with Crippen LogP contribution in [0.2, 0.25) is 0 Å². The third-order valence-corrected chi connectivity index (χ3v) is 4.12. The highest BCUT2D eigenvalue weighted by atomic mass is 16.2. The largest absolute Gasteiger partial charge is 0.350 e. The third kappa shape index (κ3) is 2.97. The van der Waals surface area contributed by atoms with Gasteiger partial charge in [-0.05, 0) is 46.1 Å². The molecule has 1 saturated heterocycles. The SMILES string of the molecule is CCC(C)(CC)NC(=O)C1(C)CCCNC1. The Labute approximate surface area is 99.4 Å². The maximum atomic E-state index is 12.3. The molecular weight excluding hydrogens is 200 g/mol. The molecule has 1 amide bonds. The first-order valence-electron chi connectivity index (χ1n) is 6.49. The van der Waals surface area contributed by atoms with Crippen LogP contribution < -0.4 is 10.6 Å². The Morgan fingerprint density at radius 3 is 2.50 bits per heavy atom. The molecule has 0 saturated carbocycles. The molecule has 0 radical (unpaired) electrons. The summed E-state index contributed by atoms with van der Waals surface area (Å²) < 4.78 is 0. The van der Waals surface area contributed by atoms with Gasteiger partial charge in [-0.3, -0.25) is 4.79 Å². The molecule has 0 bridgehead atoms. The van der Waals surface area contributed by atoms with E-state index in [1.165, 1.54) is 0 Å². The molecule has 3 heteroatoms. The molecule has 1 rings (SSSR count). The first-order valence-corrected chi connectivity index (χ1v) is 6.49. The van der Waals surface area contributed by atoms with Gasteiger partial charge < -0.3 is 10.6 Å². The predicted octanol–water partition coefficient (Wildman–Crippen LogP) is 2.07. The van der Waals surface area contributed by atoms with Gasteiger partial charge in [-0.25, -0.2) is 0 Å². The quantitative estimate of drug-likeness (QED) is 0.770. The summed E-state index contributed by atoms with van der Waals surface area (Å²) >= 11 is 0. The second kappa shape index (κ2) is 5.17. The maximum absolute atomic E-state index is 12.3. The lowest BCUT2D eigenvalue weighted by molar-refractivity contribution is -0.133. The van der Waals surface area contributed by atoms with E-state index in [0.29, 0.717) is 0 Å². The van der Waals surface area contributed by atoms with E-state index in [2.05, 4.69) is 38.3 Å². The molecule has 0 spiro atoms. The second-order valence-electron chi connectivity index (χ2n) is 5.56. The van der Waals surface area contributed by atoms with Crippen molar-refractivity contribution in [1.82, 2.24) is 10.6 Å². The molecule has 1 aliphatic rings. The first-order chi connectivity index (χ1) is 7.46. The Bertz CT molecular complexity index is 240. The molecule has 1 fully saturated rings. The van der Waals surface area contributed by atoms with Crippen molar-refractivity contribution in [2.24, 2.45) is 5.41 Å². The summed E-state index contributed by atoms with van der Waals surface area (Å²) in [4.78, 5) is 12.3. The lowest BCUT2D eigenvalue weighted by Gasteiger charge is -2.37. The topological polar surface area (TPSA) is 41.1 Å². The zero-order chi connectivity index (χ0) is 12.2. The third-order valence-electron chi connectivity index (χ3n) is 4.12. The lowest BCUT2D eigenvalue weighted by Crippen LogP contribution is -2.55. The predicted molar refractivity (Wildman–Crippen MR) is 67.3 cm³/mol. The van der Waals surface area contributed by atoms with E-state index >= 15 is 0 Å². The van der Waals surface area contributed by atoms with E-state index in [1.54, 1.807) is 0 Å². The fourth-order valence-electron chi connectivity index (χ4n) is 2.10. The van der Waals surface area contributed by atoms with E-state index in [9.17, 15) is 4.79 Å². The summed E-state index contributed by atoms with van der Waals surface area (Å²) in [5.74, 6) is 0.214. The maximum Gasteiger partial charge on any atom is 0.227 e. The number of rotatable bonds is 4. The van der Waals surface area contributed by atoms with Crippen LogP contribution >= 0.6 is 0 Å². The fourth-order valence-corrected chi connectivity index (χ4v) is 2.10. The normalized spacial score (nSPS) is 26.5. The lowest BCUT2D eigenvalue weighted by atomic mass is 9.80. The zero-order valence-electron chi connectivity index (χ0n) is 11.2. The summed E-state index contributed by atoms with van der Waals surface area (Å²) in [7, 11) is 0. The molecular formula is C13H26N2O. The molecule has 1 heterocycles. The van der Waals surface area contributed by atoms with Gasteiger partial charge in [-0.2, -0.15) is 0 Å². The molecule has 0 aromatic carbocycles. The second-order valence-corrected chi connectivity index (χ2v) is 5.56. The Kier molecular flexibility index (Phi) is 4.36. The molecule has 0 aromatic rings. The Morgan fingerprint density at radius 2 is 2.06 bits per heavy atom. The van der Waals surface area contributed by atoms with Crippen molar-refractivity contribution in [2.75, 3.05) is 13.1 Å². The minimum absolute atomic E-state index is 0.0441. The summed E-state index contributed by atoms with van der Waals surface area (Å²) in [5.41, 5.74) is -0.263. The van der Waals surface area contributed by atoms with E-state index in [-0.39, 0.29) is 16.9 Å². The highest BCUT2D eigenvalue weighted by Gasteiger charge is 2.37. The van der Waals surface area contributed by atoms with Crippen molar-refractivity contribution < 1.29 is 4.79 Å². The van der Waals surface area contributed by atoms with Crippen LogP contribution in [-0.4, -0.2) is 24.5 Å². The van der Waals surface area contributed by atoms with Crippen LogP contribution in [0, 0.1) is 5.41 Å². The van der Waals surface area contributed by atoms with Gasteiger partial charge in [0.05, 0.1) is 5.41 Å². The van der Waals surface area contributed by atoms with Gasteiger partial charge in [0, 0.05) is 12.1 Å². The van der Waals surface area contributed by atoms with Crippen LogP contribution in [0.5, 0.6) is 0 Å². The van der Waals surface area contributed by atoms with Crippen LogP contribution in [0.4, 0.5) is 0 Å². The van der Waals surface area contributed by atoms with Crippen LogP contribution in [0.3, 0.4) is 0 Å². The van der Waals surface area contributed by atoms with Gasteiger partial charge in [-0.15, -0.1) is 0 Å². The van der Waals surface area contributed by atoms with Crippen LogP contribution in [0.25, 0.3) is 0 Å². The molecule has 1 aliphatic heterocycles. The van der Waals surface area contributed by atoms with Crippen LogP contribution in [0.15, 0.2) is 0 Å². The standard InChI is InChI=1S/C13H26N2O/c1-5-13(4,6-2)15-11(16)12(3)8-7-9-14-10-12/h14H,5-10H2,1-4H3,(H,15,16). The number of hydrogen-bond acceptors (Lipinski definition) is 2. The van der Waals surface area contributed by atoms with Gasteiger partial charge in [0.15, 0.2) is 0 Å². The van der Waals surface area contributed by atoms with Gasteiger partial charge in [0.25, 0.3) is 0 Å². The molecule has 3 nitrogen and oxygen atoms in total. The number of nitrogens with one attached hydrogen (secondary N) is 2. The minimum Gasteiger partial charge on any atom is -0.350 e. The molecule has 0 aliphatic carbocycles. The minimum atomic E-state index is -0.218. The zero-order valence-corrected chi connectivity index (χ0v) is 11.2. The first kappa shape index (κ1) is 13.5. The van der Waals surface area contributed by atoms with Crippen LogP contribution in [-0.2, 0) is 4.79 Å². The van der Waals surface area contributed by atoms with Gasteiger partial charge in [0.1, 0.15) is 0 Å². The number of hydrogen-bond donors (Lipinski definition) is 2. The number of piperidine rings is 1. The van der Waals surface area contributed by atoms with E-state index in [0.717, 1.165) is 38.8 Å². The highest BCUT2D eigenvalue weighted by Crippen LogP contribution is 2.27. The average Bonchev–Trinajstić information content (AvgIpc) is 2.30. The molecule has 1 unspecified atom stereocenters. The molecule has 0 aromatic heterocycles. The van der Waals surface area contributed by atoms with Crippen molar-refractivity contribution in [1.29, 1.82) is 0 Å². The van der Waals surface area contributed by atoms with Gasteiger partial charge in [0.2, 0.25) is 5.91 Å². The Morgan fingerprint density at radius 1 is 1.44 bits per heavy atom. The smallest absolute Gasteiger partial charge is 0.227 e. The Balaban J connectivity index is 2.63. The highest BCUT2D eigenvalue weighted by molar-refractivity contribution is 5.83. The fraction of sp³-hybridized carbons (Fsp3) is 0.923. The molecule has 94 valence electrons. The van der Waals surface area contributed by atoms with Gasteiger partial charge >= 0.3 is 0 Å². The molecule has 16 heavy (non-hydrogen) atoms. The summed E-state index contributed by atoms with van der Waals surface area (Å²) in [6.45, 7) is 10.3. The van der Waals surface area contributed by atoms with E-state index < -0.39 is 0 Å². The Hall–Kier alpha value is -0.570. The van der Waals surface area contributed by atoms with Crippen molar-refractivity contribution in [2.45, 2.75) is 58.9 Å². The van der Waals surface area contributed by atoms with E-state index in [4.69, 9.17) is 0 Å². The van der Waals surface area contributed by atoms with E-state index in [1.807, 2.05) is 0 Å². The molecule has 1 atom stereocenters. The van der Waals surface area contributed by atoms with Gasteiger partial charge in [-0.1, -0.05) is 13.8 Å². The van der Waals surface area contributed by atoms with Crippen molar-refractivity contribution >= 4 is 5.91 Å². The van der Waals surface area contributed by atoms with Crippen LogP contribution in [0.1, 0.15) is 53.4 Å². The van der Waals surface area contributed by atoms with Crippen molar-refractivity contribution in [3.05, 3.63) is 0 Å². The number of amides is 1. The van der Waals surface area contributed by atoms with Crippen molar-refractivity contribution in [3.63, 3.8) is 0 Å². The summed E-state index contributed by atoms with van der Waals surface area (Å²) in [6, 6.07) is 0. The summed E-state index contributed by atoms with van der Waals surface area (Å²) in [6.07, 6.45) is 4.06. The number of carbonyl (C=O) groups excluding carboxylic acids is 1. The monoisotopic (exact) mass is 226 g/mol. The number of carbonyl (C=O) groups is 1. The average molecular weight is 226 g/mol. The molecule has 2 N–H and O–H groups in total.